The van der Waals surface area contributed by atoms with E-state index in [-0.39, 0.29) is 11.8 Å². The summed E-state index contributed by atoms with van der Waals surface area (Å²) in [6.07, 6.45) is 0. The van der Waals surface area contributed by atoms with E-state index in [9.17, 15) is 9.59 Å². The minimum absolute atomic E-state index is 0.165. The molecule has 0 atom stereocenters. The number of carbonyl (C=O) groups is 2. The Kier molecular flexibility index (Phi) is 8.32. The predicted molar refractivity (Wildman–Crippen MR) is 100 cm³/mol. The molecule has 0 aliphatic rings. The number of nitrogens with one attached hydrogen (secondary N) is 2. The molecule has 7 heteroatoms. The van der Waals surface area contributed by atoms with Crippen LogP contribution in [0.2, 0.25) is 0 Å². The van der Waals surface area contributed by atoms with Gasteiger partial charge in [0.15, 0.2) is 0 Å². The fourth-order valence-corrected chi connectivity index (χ4v) is 2.75. The normalized spacial score (nSPS) is 10.5. The Bertz CT molecular complexity index is 560. The maximum absolute atomic E-state index is 12.4. The van der Waals surface area contributed by atoms with Gasteiger partial charge in [0.25, 0.3) is 5.91 Å². The van der Waals surface area contributed by atoms with Crippen LogP contribution >= 0.6 is 22.6 Å². The molecule has 0 spiro atoms. The first-order valence-corrected chi connectivity index (χ1v) is 8.66. The van der Waals surface area contributed by atoms with Crippen molar-refractivity contribution in [3.8, 4) is 5.75 Å². The number of likely N-dealkylation sites (N-methyl/N-ethyl adjacent to an activating group) is 1. The third-order valence-electron chi connectivity index (χ3n) is 3.45. The summed E-state index contributed by atoms with van der Waals surface area (Å²) in [5.74, 6) is 0.0946. The van der Waals surface area contributed by atoms with Gasteiger partial charge >= 0.3 is 0 Å². The summed E-state index contributed by atoms with van der Waals surface area (Å²) in [5, 5.41) is 5.63. The third-order valence-corrected chi connectivity index (χ3v) is 4.35. The number of amides is 2. The molecular weight excluding hydrogens is 413 g/mol. The third kappa shape index (κ3) is 5.98. The van der Waals surface area contributed by atoms with Gasteiger partial charge < -0.3 is 20.3 Å². The monoisotopic (exact) mass is 437 g/mol. The zero-order valence-electron chi connectivity index (χ0n) is 14.0. The summed E-state index contributed by atoms with van der Waals surface area (Å²) in [7, 11) is 1.51. The molecule has 0 saturated carbocycles. The van der Waals surface area contributed by atoms with Crippen molar-refractivity contribution in [2.45, 2.75) is 20.8 Å². The maximum atomic E-state index is 12.4. The summed E-state index contributed by atoms with van der Waals surface area (Å²) in [4.78, 5) is 25.8. The van der Waals surface area contributed by atoms with Gasteiger partial charge in [0.1, 0.15) is 5.75 Å². The van der Waals surface area contributed by atoms with Crippen molar-refractivity contribution in [1.82, 2.24) is 10.2 Å². The standard InChI is InChI=1S/C16H24IN3O3/c1-5-20(6-2)8-7-18-16(22)12-9-13(17)14(19-11(3)21)10-15(12)23-4/h9-10H,5-8H2,1-4H3,(H,18,22)(H,19,21)/i17+4. The second-order valence-electron chi connectivity index (χ2n) is 5.00. The Labute approximate surface area is 151 Å². The average molecular weight is 437 g/mol. The second kappa shape index (κ2) is 9.71. The average Bonchev–Trinajstić information content (AvgIpc) is 2.52. The number of carbonyl (C=O) groups excluding carboxylic acids is 2. The van der Waals surface area contributed by atoms with E-state index in [2.05, 4.69) is 52.0 Å². The lowest BCUT2D eigenvalue weighted by Gasteiger charge is -2.18. The number of nitrogens with zero attached hydrogens (tertiary/aromatic N) is 1. The number of hydrogen-bond acceptors (Lipinski definition) is 4. The molecule has 0 aliphatic heterocycles. The largest absolute Gasteiger partial charge is 0.496 e. The van der Waals surface area contributed by atoms with Crippen molar-refractivity contribution >= 4 is 40.1 Å². The molecule has 0 fully saturated rings. The van der Waals surface area contributed by atoms with Gasteiger partial charge in [0.05, 0.1) is 18.4 Å². The maximum Gasteiger partial charge on any atom is 0.255 e. The molecule has 0 saturated heterocycles. The lowest BCUT2D eigenvalue weighted by molar-refractivity contribution is -0.114. The number of rotatable bonds is 8. The van der Waals surface area contributed by atoms with Crippen LogP contribution in [-0.2, 0) is 4.79 Å². The number of hydrogen-bond donors (Lipinski definition) is 2. The van der Waals surface area contributed by atoms with Crippen molar-refractivity contribution in [2.24, 2.45) is 0 Å². The molecule has 0 aromatic heterocycles. The molecule has 23 heavy (non-hydrogen) atoms. The fraction of sp³-hybridized carbons (Fsp3) is 0.500. The van der Waals surface area contributed by atoms with E-state index in [1.54, 1.807) is 12.1 Å². The van der Waals surface area contributed by atoms with Gasteiger partial charge in [0, 0.05) is 29.6 Å². The number of benzene rings is 1. The summed E-state index contributed by atoms with van der Waals surface area (Å²) >= 11 is 2.09. The van der Waals surface area contributed by atoms with Crippen molar-refractivity contribution in [3.63, 3.8) is 0 Å². The highest BCUT2D eigenvalue weighted by molar-refractivity contribution is 14.1. The lowest BCUT2D eigenvalue weighted by Crippen LogP contribution is -2.35. The van der Waals surface area contributed by atoms with Crippen LogP contribution < -0.4 is 15.4 Å². The highest BCUT2D eigenvalue weighted by atomic mass is 131. The Morgan fingerprint density at radius 2 is 1.91 bits per heavy atom. The number of halogens is 1. The van der Waals surface area contributed by atoms with E-state index in [4.69, 9.17) is 4.74 Å². The van der Waals surface area contributed by atoms with E-state index in [1.807, 2.05) is 0 Å². The zero-order valence-corrected chi connectivity index (χ0v) is 16.2. The van der Waals surface area contributed by atoms with Crippen LogP contribution in [0.3, 0.4) is 0 Å². The molecule has 1 aromatic carbocycles. The molecule has 128 valence electrons. The van der Waals surface area contributed by atoms with Gasteiger partial charge in [-0.05, 0) is 41.7 Å². The van der Waals surface area contributed by atoms with Crippen LogP contribution in [0.1, 0.15) is 31.1 Å². The first-order valence-electron chi connectivity index (χ1n) is 7.58. The summed E-state index contributed by atoms with van der Waals surface area (Å²) in [6, 6.07) is 3.39. The van der Waals surface area contributed by atoms with E-state index >= 15 is 0 Å². The van der Waals surface area contributed by atoms with Gasteiger partial charge in [0.2, 0.25) is 5.91 Å². The van der Waals surface area contributed by atoms with E-state index in [1.165, 1.54) is 14.0 Å². The molecule has 0 bridgehead atoms. The van der Waals surface area contributed by atoms with Crippen molar-refractivity contribution in [3.05, 3.63) is 21.3 Å². The van der Waals surface area contributed by atoms with Gasteiger partial charge in [-0.1, -0.05) is 13.8 Å². The lowest BCUT2D eigenvalue weighted by atomic mass is 10.1. The van der Waals surface area contributed by atoms with Gasteiger partial charge in [-0.15, -0.1) is 0 Å². The van der Waals surface area contributed by atoms with Gasteiger partial charge in [-0.25, -0.2) is 0 Å². The van der Waals surface area contributed by atoms with Gasteiger partial charge in [-0.2, -0.15) is 0 Å². The molecule has 0 heterocycles. The molecule has 0 unspecified atom stereocenters. The molecule has 6 nitrogen and oxygen atoms in total. The van der Waals surface area contributed by atoms with Gasteiger partial charge in [-0.3, -0.25) is 9.59 Å². The fourth-order valence-electron chi connectivity index (χ4n) is 2.15. The molecule has 1 aromatic rings. The van der Waals surface area contributed by atoms with E-state index < -0.39 is 0 Å². The number of ether oxygens (including phenoxy) is 1. The number of anilines is 1. The first kappa shape index (κ1) is 19.7. The Morgan fingerprint density at radius 1 is 1.26 bits per heavy atom. The highest BCUT2D eigenvalue weighted by Crippen LogP contribution is 2.28. The molecule has 2 N–H and O–H groups in total. The van der Waals surface area contributed by atoms with Crippen molar-refractivity contribution in [2.75, 3.05) is 38.6 Å². The Balaban J connectivity index is 2.83. The smallest absolute Gasteiger partial charge is 0.255 e. The van der Waals surface area contributed by atoms with Crippen LogP contribution in [0.15, 0.2) is 12.1 Å². The number of methoxy groups -OCH3 is 1. The van der Waals surface area contributed by atoms with E-state index in [0.29, 0.717) is 23.5 Å². The Morgan fingerprint density at radius 3 is 2.43 bits per heavy atom. The molecule has 0 aliphatic carbocycles. The van der Waals surface area contributed by atoms with Crippen LogP contribution in [-0.4, -0.2) is 50.0 Å². The summed E-state index contributed by atoms with van der Waals surface area (Å²) in [6.45, 7) is 8.93. The van der Waals surface area contributed by atoms with Crippen molar-refractivity contribution < 1.29 is 14.3 Å². The summed E-state index contributed by atoms with van der Waals surface area (Å²) in [5.41, 5.74) is 1.10. The molecule has 2 amide bonds. The minimum atomic E-state index is -0.179. The first-order chi connectivity index (χ1) is 10.9. The van der Waals surface area contributed by atoms with Crippen LogP contribution in [0.25, 0.3) is 0 Å². The van der Waals surface area contributed by atoms with Crippen LogP contribution in [0.4, 0.5) is 5.69 Å². The van der Waals surface area contributed by atoms with Crippen molar-refractivity contribution in [1.29, 1.82) is 0 Å². The predicted octanol–water partition coefficient (Wildman–Crippen LogP) is 2.33. The molecule has 1 rings (SSSR count). The summed E-state index contributed by atoms with van der Waals surface area (Å²) < 4.78 is 6.07. The second-order valence-corrected chi connectivity index (χ2v) is 6.16. The van der Waals surface area contributed by atoms with Crippen LogP contribution in [0, 0.1) is 3.57 Å². The SMILES string of the molecule is CCN(CC)CCNC(=O)c1cc([131I])c(NC(C)=O)cc1OC. The molecular formula is C16H24IN3O3. The topological polar surface area (TPSA) is 70.7 Å². The van der Waals surface area contributed by atoms with Crippen LogP contribution in [0.5, 0.6) is 5.75 Å². The van der Waals surface area contributed by atoms with E-state index in [0.717, 1.165) is 23.2 Å². The molecule has 0 radical (unpaired) electrons. The zero-order chi connectivity index (χ0) is 17.4. The minimum Gasteiger partial charge on any atom is -0.496 e. The highest BCUT2D eigenvalue weighted by Gasteiger charge is 2.16. The quantitative estimate of drug-likeness (QED) is 0.613. The Hall–Kier alpha value is -1.35.